The first-order valence-corrected chi connectivity index (χ1v) is 7.13. The Morgan fingerprint density at radius 1 is 1.18 bits per heavy atom. The van der Waals surface area contributed by atoms with Crippen molar-refractivity contribution < 1.29 is 9.47 Å². The van der Waals surface area contributed by atoms with Gasteiger partial charge in [0.25, 0.3) is 0 Å². The van der Waals surface area contributed by atoms with Crippen molar-refractivity contribution in [2.45, 2.75) is 25.7 Å². The zero-order valence-corrected chi connectivity index (χ0v) is 12.4. The van der Waals surface area contributed by atoms with E-state index in [0.717, 1.165) is 41.3 Å². The molecule has 0 spiro atoms. The van der Waals surface area contributed by atoms with Gasteiger partial charge in [-0.1, -0.05) is 12.8 Å². The third-order valence-corrected chi connectivity index (χ3v) is 3.31. The number of alkyl halides is 1. The number of rotatable bonds is 8. The topological polar surface area (TPSA) is 18.5 Å². The van der Waals surface area contributed by atoms with Gasteiger partial charge in [-0.3, -0.25) is 0 Å². The Morgan fingerprint density at radius 2 is 1.94 bits per heavy atom. The molecule has 0 heterocycles. The van der Waals surface area contributed by atoms with Crippen LogP contribution in [0.2, 0.25) is 0 Å². The van der Waals surface area contributed by atoms with Crippen LogP contribution in [0, 0.1) is 0 Å². The van der Waals surface area contributed by atoms with Crippen molar-refractivity contribution in [3.05, 3.63) is 22.7 Å². The van der Waals surface area contributed by atoms with Crippen molar-refractivity contribution in [3.8, 4) is 11.5 Å². The summed E-state index contributed by atoms with van der Waals surface area (Å²) in [6.45, 7) is 0.743. The second kappa shape index (κ2) is 8.65. The van der Waals surface area contributed by atoms with Crippen molar-refractivity contribution >= 4 is 27.5 Å². The van der Waals surface area contributed by atoms with Crippen LogP contribution in [0.1, 0.15) is 25.7 Å². The van der Waals surface area contributed by atoms with E-state index < -0.39 is 0 Å². The Hall–Kier alpha value is -0.410. The predicted molar refractivity (Wildman–Crippen MR) is 75.4 cm³/mol. The lowest BCUT2D eigenvalue weighted by Gasteiger charge is -2.09. The molecule has 0 radical (unpaired) electrons. The van der Waals surface area contributed by atoms with Gasteiger partial charge in [0.1, 0.15) is 11.5 Å². The van der Waals surface area contributed by atoms with Crippen molar-refractivity contribution in [3.63, 3.8) is 0 Å². The zero-order valence-electron chi connectivity index (χ0n) is 10.0. The quantitative estimate of drug-likeness (QED) is 0.513. The van der Waals surface area contributed by atoms with E-state index in [2.05, 4.69) is 15.9 Å². The highest BCUT2D eigenvalue weighted by Gasteiger charge is 2.02. The van der Waals surface area contributed by atoms with Crippen molar-refractivity contribution in [2.75, 3.05) is 19.6 Å². The van der Waals surface area contributed by atoms with Gasteiger partial charge in [-0.2, -0.15) is 0 Å². The van der Waals surface area contributed by atoms with Crippen molar-refractivity contribution in [1.29, 1.82) is 0 Å². The van der Waals surface area contributed by atoms with Crippen LogP contribution in [0.25, 0.3) is 0 Å². The van der Waals surface area contributed by atoms with Gasteiger partial charge in [-0.05, 0) is 47.0 Å². The molecule has 1 aromatic carbocycles. The molecule has 0 aliphatic rings. The van der Waals surface area contributed by atoms with Gasteiger partial charge < -0.3 is 9.47 Å². The molecule has 0 fully saturated rings. The van der Waals surface area contributed by atoms with Gasteiger partial charge in [0, 0.05) is 5.88 Å². The van der Waals surface area contributed by atoms with Crippen LogP contribution < -0.4 is 9.47 Å². The highest BCUT2D eigenvalue weighted by Crippen LogP contribution is 2.29. The molecule has 0 saturated heterocycles. The fourth-order valence-corrected chi connectivity index (χ4v) is 2.12. The van der Waals surface area contributed by atoms with E-state index in [0.29, 0.717) is 0 Å². The van der Waals surface area contributed by atoms with Gasteiger partial charge >= 0.3 is 0 Å². The highest BCUT2D eigenvalue weighted by molar-refractivity contribution is 9.10. The average molecular weight is 322 g/mol. The Bertz CT molecular complexity index is 331. The van der Waals surface area contributed by atoms with E-state index in [1.165, 1.54) is 12.8 Å². The number of benzene rings is 1. The molecule has 2 nitrogen and oxygen atoms in total. The molecule has 1 aromatic rings. The number of halogens is 2. The van der Waals surface area contributed by atoms with E-state index in [1.807, 2.05) is 18.2 Å². The molecule has 0 aliphatic carbocycles. The fourth-order valence-electron chi connectivity index (χ4n) is 1.46. The summed E-state index contributed by atoms with van der Waals surface area (Å²) in [5.41, 5.74) is 0. The van der Waals surface area contributed by atoms with Crippen LogP contribution in [-0.4, -0.2) is 19.6 Å². The van der Waals surface area contributed by atoms with Gasteiger partial charge in [0.2, 0.25) is 0 Å². The average Bonchev–Trinajstić information content (AvgIpc) is 2.35. The van der Waals surface area contributed by atoms with E-state index in [4.69, 9.17) is 21.1 Å². The standard InChI is InChI=1S/C13H18BrClO2/c1-16-11-6-7-13(12(14)10-11)17-9-5-3-2-4-8-15/h6-7,10H,2-5,8-9H2,1H3. The summed E-state index contributed by atoms with van der Waals surface area (Å²) in [6, 6.07) is 5.72. The molecular formula is C13H18BrClO2. The van der Waals surface area contributed by atoms with E-state index in [-0.39, 0.29) is 0 Å². The maximum absolute atomic E-state index is 5.68. The van der Waals surface area contributed by atoms with E-state index >= 15 is 0 Å². The molecule has 0 amide bonds. The number of methoxy groups -OCH3 is 1. The molecule has 1 rings (SSSR count). The normalized spacial score (nSPS) is 10.3. The molecule has 17 heavy (non-hydrogen) atoms. The van der Waals surface area contributed by atoms with Gasteiger partial charge in [-0.15, -0.1) is 11.6 Å². The molecule has 0 saturated carbocycles. The van der Waals surface area contributed by atoms with Crippen molar-refractivity contribution in [1.82, 2.24) is 0 Å². The van der Waals surface area contributed by atoms with Crippen molar-refractivity contribution in [2.24, 2.45) is 0 Å². The first-order valence-electron chi connectivity index (χ1n) is 5.80. The van der Waals surface area contributed by atoms with Crippen LogP contribution in [-0.2, 0) is 0 Å². The van der Waals surface area contributed by atoms with Gasteiger partial charge in [0.05, 0.1) is 18.2 Å². The Labute approximate surface area is 116 Å². The summed E-state index contributed by atoms with van der Waals surface area (Å²) in [4.78, 5) is 0. The Kier molecular flexibility index (Phi) is 7.45. The fraction of sp³-hybridized carbons (Fsp3) is 0.538. The lowest BCUT2D eigenvalue weighted by atomic mass is 10.2. The lowest BCUT2D eigenvalue weighted by molar-refractivity contribution is 0.302. The monoisotopic (exact) mass is 320 g/mol. The number of unbranched alkanes of at least 4 members (excludes halogenated alkanes) is 3. The first-order chi connectivity index (χ1) is 8.27. The Balaban J connectivity index is 2.27. The largest absolute Gasteiger partial charge is 0.497 e. The van der Waals surface area contributed by atoms with Crippen LogP contribution >= 0.6 is 27.5 Å². The summed E-state index contributed by atoms with van der Waals surface area (Å²) < 4.78 is 11.7. The summed E-state index contributed by atoms with van der Waals surface area (Å²) in [6.07, 6.45) is 4.50. The molecule has 0 atom stereocenters. The molecule has 96 valence electrons. The van der Waals surface area contributed by atoms with E-state index in [1.54, 1.807) is 7.11 Å². The predicted octanol–water partition coefficient (Wildman–Crippen LogP) is 4.64. The van der Waals surface area contributed by atoms with Crippen LogP contribution in [0.4, 0.5) is 0 Å². The molecule has 0 unspecified atom stereocenters. The smallest absolute Gasteiger partial charge is 0.133 e. The first kappa shape index (κ1) is 14.7. The number of hydrogen-bond donors (Lipinski definition) is 0. The SMILES string of the molecule is COc1ccc(OCCCCCCCl)c(Br)c1. The summed E-state index contributed by atoms with van der Waals surface area (Å²) in [5, 5.41) is 0. The second-order valence-electron chi connectivity index (χ2n) is 3.75. The molecule has 0 bridgehead atoms. The Morgan fingerprint density at radius 3 is 2.59 bits per heavy atom. The summed E-state index contributed by atoms with van der Waals surface area (Å²) in [7, 11) is 1.65. The minimum Gasteiger partial charge on any atom is -0.497 e. The lowest BCUT2D eigenvalue weighted by Crippen LogP contribution is -1.98. The third-order valence-electron chi connectivity index (χ3n) is 2.42. The molecule has 4 heteroatoms. The maximum Gasteiger partial charge on any atom is 0.133 e. The molecule has 0 aromatic heterocycles. The zero-order chi connectivity index (χ0) is 12.5. The van der Waals surface area contributed by atoms with Gasteiger partial charge in [0.15, 0.2) is 0 Å². The molecule has 0 aliphatic heterocycles. The second-order valence-corrected chi connectivity index (χ2v) is 4.98. The van der Waals surface area contributed by atoms with Crippen LogP contribution in [0.3, 0.4) is 0 Å². The minimum atomic E-state index is 0.743. The molecule has 0 N–H and O–H groups in total. The maximum atomic E-state index is 5.68. The van der Waals surface area contributed by atoms with Crippen LogP contribution in [0.5, 0.6) is 11.5 Å². The number of ether oxygens (including phenoxy) is 2. The van der Waals surface area contributed by atoms with E-state index in [9.17, 15) is 0 Å². The van der Waals surface area contributed by atoms with Gasteiger partial charge in [-0.25, -0.2) is 0 Å². The molecular weight excluding hydrogens is 303 g/mol. The summed E-state index contributed by atoms with van der Waals surface area (Å²) >= 11 is 9.07. The highest BCUT2D eigenvalue weighted by atomic mass is 79.9. The number of hydrogen-bond acceptors (Lipinski definition) is 2. The third kappa shape index (κ3) is 5.64. The van der Waals surface area contributed by atoms with Crippen LogP contribution in [0.15, 0.2) is 22.7 Å². The summed E-state index contributed by atoms with van der Waals surface area (Å²) in [5.74, 6) is 2.44. The minimum absolute atomic E-state index is 0.743.